The van der Waals surface area contributed by atoms with Crippen LogP contribution >= 0.6 is 15.9 Å². The Balaban J connectivity index is 2.00. The van der Waals surface area contributed by atoms with Crippen molar-refractivity contribution in [3.63, 3.8) is 0 Å². The van der Waals surface area contributed by atoms with Crippen LogP contribution in [0.5, 0.6) is 5.75 Å². The van der Waals surface area contributed by atoms with E-state index in [2.05, 4.69) is 26.1 Å². The highest BCUT2D eigenvalue weighted by Crippen LogP contribution is 2.27. The molecule has 0 aliphatic carbocycles. The largest absolute Gasteiger partial charge is 0.484 e. The Bertz CT molecular complexity index is 555. The smallest absolute Gasteiger partial charge is 0.223 e. The van der Waals surface area contributed by atoms with E-state index in [1.54, 1.807) is 6.92 Å². The summed E-state index contributed by atoms with van der Waals surface area (Å²) in [6, 6.07) is 6.07. The zero-order valence-corrected chi connectivity index (χ0v) is 12.5. The highest BCUT2D eigenvalue weighted by molar-refractivity contribution is 9.10. The lowest BCUT2D eigenvalue weighted by Crippen LogP contribution is -2.17. The summed E-state index contributed by atoms with van der Waals surface area (Å²) in [4.78, 5) is 4.08. The number of benzene rings is 1. The molecule has 0 radical (unpaired) electrons. The molecule has 0 bridgehead atoms. The van der Waals surface area contributed by atoms with E-state index in [1.165, 1.54) is 5.56 Å². The third kappa shape index (κ3) is 4.04. The number of nitrogens with two attached hydrogens (primary N) is 1. The van der Waals surface area contributed by atoms with Crippen LogP contribution in [0, 0.1) is 6.92 Å². The predicted octanol–water partition coefficient (Wildman–Crippen LogP) is 2.61. The molecule has 1 heterocycles. The van der Waals surface area contributed by atoms with Crippen molar-refractivity contribution < 1.29 is 9.26 Å². The Morgan fingerprint density at radius 2 is 2.26 bits per heavy atom. The molecule has 6 heteroatoms. The summed E-state index contributed by atoms with van der Waals surface area (Å²) in [5.41, 5.74) is 6.95. The fourth-order valence-corrected chi connectivity index (χ4v) is 2.24. The molecule has 5 nitrogen and oxygen atoms in total. The van der Waals surface area contributed by atoms with Gasteiger partial charge < -0.3 is 15.0 Å². The standard InChI is InChI=1S/C13H16BrN3O2/c1-8(15)5-10-3-4-12(11(14)6-10)18-7-13-16-9(2)19-17-13/h3-4,6,8H,5,7,15H2,1-2H3. The van der Waals surface area contributed by atoms with Crippen LogP contribution in [-0.2, 0) is 13.0 Å². The number of hydrogen-bond donors (Lipinski definition) is 1. The van der Waals surface area contributed by atoms with Crippen LogP contribution in [0.4, 0.5) is 0 Å². The number of halogens is 1. The average Bonchev–Trinajstić information content (AvgIpc) is 2.73. The lowest BCUT2D eigenvalue weighted by molar-refractivity contribution is 0.284. The Morgan fingerprint density at radius 3 is 2.84 bits per heavy atom. The third-order valence-corrected chi connectivity index (χ3v) is 3.10. The summed E-state index contributed by atoms with van der Waals surface area (Å²) in [7, 11) is 0. The molecule has 1 unspecified atom stereocenters. The molecule has 1 aromatic carbocycles. The van der Waals surface area contributed by atoms with Gasteiger partial charge in [0, 0.05) is 13.0 Å². The number of aromatic nitrogens is 2. The van der Waals surface area contributed by atoms with E-state index in [0.717, 1.165) is 16.6 Å². The number of ether oxygens (including phenoxy) is 1. The highest BCUT2D eigenvalue weighted by atomic mass is 79.9. The van der Waals surface area contributed by atoms with Crippen molar-refractivity contribution >= 4 is 15.9 Å². The molecule has 0 spiro atoms. The van der Waals surface area contributed by atoms with Crippen LogP contribution in [0.3, 0.4) is 0 Å². The number of rotatable bonds is 5. The lowest BCUT2D eigenvalue weighted by atomic mass is 10.1. The van der Waals surface area contributed by atoms with E-state index in [9.17, 15) is 0 Å². The van der Waals surface area contributed by atoms with Crippen LogP contribution in [0.25, 0.3) is 0 Å². The second-order valence-electron chi connectivity index (χ2n) is 4.46. The van der Waals surface area contributed by atoms with Gasteiger partial charge in [-0.15, -0.1) is 0 Å². The summed E-state index contributed by atoms with van der Waals surface area (Å²) in [5.74, 6) is 1.81. The molecule has 0 amide bonds. The summed E-state index contributed by atoms with van der Waals surface area (Å²) in [6.45, 7) is 4.01. The second-order valence-corrected chi connectivity index (χ2v) is 5.32. The molecule has 102 valence electrons. The molecule has 2 N–H and O–H groups in total. The first kappa shape index (κ1) is 14.0. The number of nitrogens with zero attached hydrogens (tertiary/aromatic N) is 2. The normalized spacial score (nSPS) is 12.4. The molecule has 19 heavy (non-hydrogen) atoms. The maximum absolute atomic E-state index is 5.78. The van der Waals surface area contributed by atoms with Gasteiger partial charge in [-0.3, -0.25) is 0 Å². The van der Waals surface area contributed by atoms with E-state index in [1.807, 2.05) is 25.1 Å². The van der Waals surface area contributed by atoms with Crippen molar-refractivity contribution in [2.45, 2.75) is 32.9 Å². The van der Waals surface area contributed by atoms with Gasteiger partial charge in [0.2, 0.25) is 11.7 Å². The Morgan fingerprint density at radius 1 is 1.47 bits per heavy atom. The highest BCUT2D eigenvalue weighted by Gasteiger charge is 2.07. The molecule has 0 saturated carbocycles. The minimum atomic E-state index is 0.140. The zero-order valence-electron chi connectivity index (χ0n) is 10.9. The summed E-state index contributed by atoms with van der Waals surface area (Å²) in [5, 5.41) is 3.77. The van der Waals surface area contributed by atoms with Crippen molar-refractivity contribution in [3.8, 4) is 5.75 Å². The monoisotopic (exact) mass is 325 g/mol. The molecule has 0 aliphatic rings. The van der Waals surface area contributed by atoms with Crippen LogP contribution in [0.2, 0.25) is 0 Å². The number of aryl methyl sites for hydroxylation is 1. The van der Waals surface area contributed by atoms with Gasteiger partial charge in [0.1, 0.15) is 5.75 Å². The minimum Gasteiger partial charge on any atom is -0.484 e. The van der Waals surface area contributed by atoms with Gasteiger partial charge in [-0.25, -0.2) is 0 Å². The molecule has 0 aliphatic heterocycles. The molecule has 2 aromatic rings. The van der Waals surface area contributed by atoms with Crippen LogP contribution in [0.1, 0.15) is 24.2 Å². The first-order valence-corrected chi connectivity index (χ1v) is 6.80. The fourth-order valence-electron chi connectivity index (χ4n) is 1.70. The van der Waals surface area contributed by atoms with Gasteiger partial charge in [0.15, 0.2) is 6.61 Å². The maximum Gasteiger partial charge on any atom is 0.223 e. The van der Waals surface area contributed by atoms with E-state index in [-0.39, 0.29) is 12.6 Å². The molecule has 0 fully saturated rings. The maximum atomic E-state index is 5.78. The minimum absolute atomic E-state index is 0.140. The third-order valence-electron chi connectivity index (χ3n) is 2.48. The van der Waals surface area contributed by atoms with Gasteiger partial charge in [0.05, 0.1) is 4.47 Å². The summed E-state index contributed by atoms with van der Waals surface area (Å²) < 4.78 is 11.4. The molecule has 2 rings (SSSR count). The van der Waals surface area contributed by atoms with Crippen LogP contribution < -0.4 is 10.5 Å². The molecular weight excluding hydrogens is 310 g/mol. The first-order chi connectivity index (χ1) is 9.04. The van der Waals surface area contributed by atoms with Gasteiger partial charge in [-0.1, -0.05) is 11.2 Å². The Kier molecular flexibility index (Phi) is 4.55. The Hall–Kier alpha value is -1.40. The van der Waals surface area contributed by atoms with Crippen molar-refractivity contribution in [2.24, 2.45) is 5.73 Å². The van der Waals surface area contributed by atoms with E-state index >= 15 is 0 Å². The first-order valence-electron chi connectivity index (χ1n) is 6.00. The molecule has 1 aromatic heterocycles. The van der Waals surface area contributed by atoms with E-state index in [4.69, 9.17) is 15.0 Å². The Labute approximate surface area is 120 Å². The predicted molar refractivity (Wildman–Crippen MR) is 74.9 cm³/mol. The summed E-state index contributed by atoms with van der Waals surface area (Å²) >= 11 is 3.49. The molecule has 0 saturated heterocycles. The second kappa shape index (κ2) is 6.16. The van der Waals surface area contributed by atoms with Crippen LogP contribution in [-0.4, -0.2) is 16.2 Å². The van der Waals surface area contributed by atoms with Crippen molar-refractivity contribution in [1.29, 1.82) is 0 Å². The fraction of sp³-hybridized carbons (Fsp3) is 0.385. The lowest BCUT2D eigenvalue weighted by Gasteiger charge is -2.09. The van der Waals surface area contributed by atoms with E-state index in [0.29, 0.717) is 11.7 Å². The van der Waals surface area contributed by atoms with Gasteiger partial charge in [0.25, 0.3) is 0 Å². The van der Waals surface area contributed by atoms with Crippen molar-refractivity contribution in [1.82, 2.24) is 10.1 Å². The quantitative estimate of drug-likeness (QED) is 0.914. The van der Waals surface area contributed by atoms with Gasteiger partial charge >= 0.3 is 0 Å². The van der Waals surface area contributed by atoms with E-state index < -0.39 is 0 Å². The topological polar surface area (TPSA) is 74.2 Å². The van der Waals surface area contributed by atoms with Crippen molar-refractivity contribution in [3.05, 3.63) is 40.0 Å². The average molecular weight is 326 g/mol. The van der Waals surface area contributed by atoms with Crippen LogP contribution in [0.15, 0.2) is 27.2 Å². The molecule has 1 atom stereocenters. The van der Waals surface area contributed by atoms with Gasteiger partial charge in [-0.2, -0.15) is 4.98 Å². The summed E-state index contributed by atoms with van der Waals surface area (Å²) in [6.07, 6.45) is 0.836. The zero-order chi connectivity index (χ0) is 13.8. The van der Waals surface area contributed by atoms with Crippen molar-refractivity contribution in [2.75, 3.05) is 0 Å². The number of hydrogen-bond acceptors (Lipinski definition) is 5. The SMILES string of the molecule is Cc1nc(COc2ccc(CC(C)N)cc2Br)no1. The molecular formula is C13H16BrN3O2. The van der Waals surface area contributed by atoms with Gasteiger partial charge in [-0.05, 0) is 47.0 Å².